The maximum Gasteiger partial charge on any atom is 0.251 e. The summed E-state index contributed by atoms with van der Waals surface area (Å²) in [4.78, 5) is 12.3. The number of hydrogen-bond donors (Lipinski definition) is 2. The third-order valence-electron chi connectivity index (χ3n) is 3.53. The normalized spacial score (nSPS) is 17.1. The van der Waals surface area contributed by atoms with E-state index in [0.29, 0.717) is 17.9 Å². The van der Waals surface area contributed by atoms with Crippen LogP contribution in [-0.2, 0) is 0 Å². The van der Waals surface area contributed by atoms with Gasteiger partial charge in [-0.1, -0.05) is 17.9 Å². The first kappa shape index (κ1) is 15.9. The van der Waals surface area contributed by atoms with Crippen LogP contribution in [0, 0.1) is 24.7 Å². The maximum absolute atomic E-state index is 12.3. The van der Waals surface area contributed by atoms with Gasteiger partial charge in [0.1, 0.15) is 0 Å². The van der Waals surface area contributed by atoms with Crippen LogP contribution >= 0.6 is 11.8 Å². The minimum absolute atomic E-state index is 0.0183. The van der Waals surface area contributed by atoms with Crippen molar-refractivity contribution < 1.29 is 9.90 Å². The molecule has 2 rings (SSSR count). The van der Waals surface area contributed by atoms with Gasteiger partial charge in [-0.2, -0.15) is 11.8 Å². The molecule has 112 valence electrons. The lowest BCUT2D eigenvalue weighted by atomic mass is 10.0. The molecule has 4 heteroatoms. The van der Waals surface area contributed by atoms with Crippen molar-refractivity contribution >= 4 is 17.7 Å². The number of carbonyl (C=O) groups excluding carboxylic acids is 1. The van der Waals surface area contributed by atoms with Crippen molar-refractivity contribution in [3.05, 3.63) is 34.9 Å². The summed E-state index contributed by atoms with van der Waals surface area (Å²) in [6, 6.07) is 5.66. The Morgan fingerprint density at radius 1 is 1.52 bits per heavy atom. The van der Waals surface area contributed by atoms with Gasteiger partial charge >= 0.3 is 0 Å². The number of thioether (sulfide) groups is 1. The molecule has 0 saturated carbocycles. The Bertz CT molecular complexity index is 554. The molecule has 0 aliphatic carbocycles. The number of aliphatic hydroxyl groups excluding tert-OH is 1. The standard InChI is InChI=1S/C17H21NO2S/c1-13-5-6-14(4-2-3-8-19)10-16(13)17(20)18-11-15-7-9-21-12-15/h5-6,10,15,19H,3,7-9,11-12H2,1H3,(H,18,20). The van der Waals surface area contributed by atoms with Gasteiger partial charge < -0.3 is 10.4 Å². The van der Waals surface area contributed by atoms with Crippen LogP contribution in [-0.4, -0.2) is 35.7 Å². The predicted octanol–water partition coefficient (Wildman–Crippen LogP) is 2.21. The van der Waals surface area contributed by atoms with E-state index in [1.165, 1.54) is 12.2 Å². The Hall–Kier alpha value is -1.44. The third kappa shape index (κ3) is 4.80. The Kier molecular flexibility index (Phi) is 6.16. The van der Waals surface area contributed by atoms with Gasteiger partial charge in [0.25, 0.3) is 5.91 Å². The van der Waals surface area contributed by atoms with Crippen LogP contribution in [0.15, 0.2) is 18.2 Å². The molecule has 1 aromatic carbocycles. The average Bonchev–Trinajstić information content (AvgIpc) is 3.00. The first-order valence-corrected chi connectivity index (χ1v) is 8.42. The third-order valence-corrected chi connectivity index (χ3v) is 4.76. The van der Waals surface area contributed by atoms with Crippen molar-refractivity contribution in [2.24, 2.45) is 5.92 Å². The summed E-state index contributed by atoms with van der Waals surface area (Å²) >= 11 is 1.96. The summed E-state index contributed by atoms with van der Waals surface area (Å²) in [5.74, 6) is 8.79. The summed E-state index contributed by atoms with van der Waals surface area (Å²) in [7, 11) is 0. The Balaban J connectivity index is 2.01. The van der Waals surface area contributed by atoms with E-state index >= 15 is 0 Å². The fraction of sp³-hybridized carbons (Fsp3) is 0.471. The number of rotatable bonds is 4. The fourth-order valence-electron chi connectivity index (χ4n) is 2.24. The van der Waals surface area contributed by atoms with Crippen molar-refractivity contribution in [1.29, 1.82) is 0 Å². The van der Waals surface area contributed by atoms with Gasteiger partial charge in [0.15, 0.2) is 0 Å². The number of benzene rings is 1. The van der Waals surface area contributed by atoms with Gasteiger partial charge in [-0.3, -0.25) is 4.79 Å². The number of nitrogens with one attached hydrogen (secondary N) is 1. The Morgan fingerprint density at radius 2 is 2.38 bits per heavy atom. The molecule has 1 atom stereocenters. The highest BCUT2D eigenvalue weighted by Gasteiger charge is 2.17. The summed E-state index contributed by atoms with van der Waals surface area (Å²) in [5.41, 5.74) is 2.47. The number of hydrogen-bond acceptors (Lipinski definition) is 3. The second-order valence-electron chi connectivity index (χ2n) is 5.24. The molecule has 2 N–H and O–H groups in total. The molecule has 3 nitrogen and oxygen atoms in total. The monoisotopic (exact) mass is 303 g/mol. The van der Waals surface area contributed by atoms with Gasteiger partial charge in [0.05, 0.1) is 6.61 Å². The van der Waals surface area contributed by atoms with Crippen LogP contribution in [0.25, 0.3) is 0 Å². The summed E-state index contributed by atoms with van der Waals surface area (Å²) < 4.78 is 0. The highest BCUT2D eigenvalue weighted by molar-refractivity contribution is 7.99. The second kappa shape index (κ2) is 8.11. The van der Waals surface area contributed by atoms with E-state index in [-0.39, 0.29) is 12.5 Å². The quantitative estimate of drug-likeness (QED) is 0.839. The summed E-state index contributed by atoms with van der Waals surface area (Å²) in [6.07, 6.45) is 1.64. The van der Waals surface area contributed by atoms with Gasteiger partial charge in [-0.25, -0.2) is 0 Å². The molecular formula is C17H21NO2S. The Labute approximate surface area is 130 Å². The lowest BCUT2D eigenvalue weighted by Gasteiger charge is -2.11. The zero-order chi connectivity index (χ0) is 15.1. The molecule has 21 heavy (non-hydrogen) atoms. The molecule has 1 unspecified atom stereocenters. The van der Waals surface area contributed by atoms with E-state index in [9.17, 15) is 4.79 Å². The summed E-state index contributed by atoms with van der Waals surface area (Å²) in [6.45, 7) is 2.75. The van der Waals surface area contributed by atoms with Crippen molar-refractivity contribution in [2.45, 2.75) is 19.8 Å². The van der Waals surface area contributed by atoms with Gasteiger partial charge in [0, 0.05) is 24.1 Å². The maximum atomic E-state index is 12.3. The van der Waals surface area contributed by atoms with Crippen LogP contribution in [0.5, 0.6) is 0 Å². The number of carbonyl (C=O) groups is 1. The first-order chi connectivity index (χ1) is 10.2. The Morgan fingerprint density at radius 3 is 3.10 bits per heavy atom. The molecule has 0 bridgehead atoms. The first-order valence-electron chi connectivity index (χ1n) is 7.27. The van der Waals surface area contributed by atoms with E-state index in [4.69, 9.17) is 5.11 Å². The van der Waals surface area contributed by atoms with Crippen molar-refractivity contribution in [1.82, 2.24) is 5.32 Å². The molecular weight excluding hydrogens is 282 g/mol. The summed E-state index contributed by atoms with van der Waals surface area (Å²) in [5, 5.41) is 11.8. The topological polar surface area (TPSA) is 49.3 Å². The van der Waals surface area contributed by atoms with Crippen LogP contribution in [0.1, 0.15) is 34.3 Å². The van der Waals surface area contributed by atoms with E-state index in [1.807, 2.05) is 36.9 Å². The highest BCUT2D eigenvalue weighted by Crippen LogP contribution is 2.22. The molecule has 1 fully saturated rings. The second-order valence-corrected chi connectivity index (χ2v) is 6.39. The van der Waals surface area contributed by atoms with Crippen LogP contribution < -0.4 is 5.32 Å². The molecule has 1 aromatic rings. The minimum atomic E-state index is -0.0183. The number of amides is 1. The molecule has 0 spiro atoms. The van der Waals surface area contributed by atoms with Gasteiger partial charge in [-0.05, 0) is 48.5 Å². The van der Waals surface area contributed by atoms with Crippen LogP contribution in [0.4, 0.5) is 0 Å². The number of aliphatic hydroxyl groups is 1. The SMILES string of the molecule is Cc1ccc(C#CCCO)cc1C(=O)NCC1CCSC1. The van der Waals surface area contributed by atoms with E-state index in [2.05, 4.69) is 17.2 Å². The van der Waals surface area contributed by atoms with Crippen molar-refractivity contribution in [3.63, 3.8) is 0 Å². The molecule has 1 saturated heterocycles. The number of aryl methyl sites for hydroxylation is 1. The van der Waals surface area contributed by atoms with Gasteiger partial charge in [-0.15, -0.1) is 0 Å². The molecule has 1 heterocycles. The van der Waals surface area contributed by atoms with E-state index in [1.54, 1.807) is 0 Å². The van der Waals surface area contributed by atoms with E-state index in [0.717, 1.165) is 23.4 Å². The largest absolute Gasteiger partial charge is 0.395 e. The predicted molar refractivity (Wildman–Crippen MR) is 87.5 cm³/mol. The van der Waals surface area contributed by atoms with Crippen LogP contribution in [0.2, 0.25) is 0 Å². The minimum Gasteiger partial charge on any atom is -0.395 e. The van der Waals surface area contributed by atoms with Crippen molar-refractivity contribution in [2.75, 3.05) is 24.7 Å². The lowest BCUT2D eigenvalue weighted by molar-refractivity contribution is 0.0948. The van der Waals surface area contributed by atoms with Crippen molar-refractivity contribution in [3.8, 4) is 11.8 Å². The fourth-order valence-corrected chi connectivity index (χ4v) is 3.53. The molecule has 1 aliphatic rings. The average molecular weight is 303 g/mol. The van der Waals surface area contributed by atoms with Crippen LogP contribution in [0.3, 0.4) is 0 Å². The molecule has 0 aromatic heterocycles. The zero-order valence-corrected chi connectivity index (χ0v) is 13.1. The van der Waals surface area contributed by atoms with Gasteiger partial charge in [0.2, 0.25) is 0 Å². The highest BCUT2D eigenvalue weighted by atomic mass is 32.2. The molecule has 1 aliphatic heterocycles. The zero-order valence-electron chi connectivity index (χ0n) is 12.3. The smallest absolute Gasteiger partial charge is 0.251 e. The van der Waals surface area contributed by atoms with E-state index < -0.39 is 0 Å². The molecule has 1 amide bonds. The lowest BCUT2D eigenvalue weighted by Crippen LogP contribution is -2.29. The molecule has 0 radical (unpaired) electrons.